The van der Waals surface area contributed by atoms with Crippen LogP contribution in [0.5, 0.6) is 0 Å². The Labute approximate surface area is 124 Å². The van der Waals surface area contributed by atoms with Crippen molar-refractivity contribution in [1.82, 2.24) is 4.98 Å². The zero-order chi connectivity index (χ0) is 14.8. The summed E-state index contributed by atoms with van der Waals surface area (Å²) in [7, 11) is 0. The molecule has 0 fully saturated rings. The van der Waals surface area contributed by atoms with Gasteiger partial charge in [0.2, 0.25) is 0 Å². The fourth-order valence-corrected chi connectivity index (χ4v) is 2.80. The number of nitrogens with one attached hydrogen (secondary N) is 1. The van der Waals surface area contributed by atoms with Gasteiger partial charge in [0, 0.05) is 11.0 Å². The third-order valence-corrected chi connectivity index (χ3v) is 3.94. The molecule has 106 valence electrons. The summed E-state index contributed by atoms with van der Waals surface area (Å²) in [5.74, 6) is 3.43. The summed E-state index contributed by atoms with van der Waals surface area (Å²) in [5, 5.41) is 2.21. The van der Waals surface area contributed by atoms with Crippen LogP contribution in [0.3, 0.4) is 0 Å². The van der Waals surface area contributed by atoms with Crippen molar-refractivity contribution in [3.05, 3.63) is 60.2 Å². The second kappa shape index (κ2) is 5.67. The summed E-state index contributed by atoms with van der Waals surface area (Å²) >= 11 is 1.12. The maximum atomic E-state index is 13.8. The number of halogens is 2. The second-order valence-corrected chi connectivity index (χ2v) is 5.42. The first kappa shape index (κ1) is 13.8. The number of hydrogen-bond acceptors (Lipinski definition) is 4. The van der Waals surface area contributed by atoms with Gasteiger partial charge in [-0.15, -0.1) is 0 Å². The number of benzene rings is 2. The van der Waals surface area contributed by atoms with Gasteiger partial charge in [0.05, 0.1) is 0 Å². The molecular weight excluding hydrogens is 292 g/mol. The zero-order valence-corrected chi connectivity index (χ0v) is 11.6. The highest BCUT2D eigenvalue weighted by atomic mass is 32.2. The van der Waals surface area contributed by atoms with Crippen LogP contribution in [0.15, 0.2) is 58.5 Å². The highest BCUT2D eigenvalue weighted by Crippen LogP contribution is 2.32. The van der Waals surface area contributed by atoms with E-state index in [2.05, 4.69) is 10.4 Å². The van der Waals surface area contributed by atoms with Crippen molar-refractivity contribution >= 4 is 28.4 Å². The van der Waals surface area contributed by atoms with Crippen LogP contribution in [0.25, 0.3) is 10.8 Å². The van der Waals surface area contributed by atoms with Crippen LogP contribution in [0.4, 0.5) is 14.6 Å². The monoisotopic (exact) mass is 303 g/mol. The maximum Gasteiger partial charge on any atom is 0.177 e. The average Bonchev–Trinajstić information content (AvgIpc) is 2.50. The minimum Gasteiger partial charge on any atom is -0.306 e. The normalized spacial score (nSPS) is 10.8. The zero-order valence-electron chi connectivity index (χ0n) is 10.8. The fraction of sp³-hybridized carbons (Fsp3) is 0. The summed E-state index contributed by atoms with van der Waals surface area (Å²) in [6.07, 6.45) is 0. The van der Waals surface area contributed by atoms with Gasteiger partial charge in [-0.1, -0.05) is 42.1 Å². The maximum absolute atomic E-state index is 13.8. The predicted octanol–water partition coefficient (Wildman–Crippen LogP) is 3.95. The standard InChI is InChI=1S/C15H11F2N3S/c16-12-8-13(17)15(19-14(12)20-18)21-11-6-5-9-3-1-2-4-10(9)7-11/h1-8H,18H2,(H,19,20). The van der Waals surface area contributed by atoms with E-state index in [1.165, 1.54) is 0 Å². The van der Waals surface area contributed by atoms with Crippen molar-refractivity contribution in [2.75, 3.05) is 5.43 Å². The van der Waals surface area contributed by atoms with Gasteiger partial charge in [-0.3, -0.25) is 0 Å². The van der Waals surface area contributed by atoms with E-state index in [9.17, 15) is 8.78 Å². The van der Waals surface area contributed by atoms with Crippen molar-refractivity contribution in [3.8, 4) is 0 Å². The first-order valence-corrected chi connectivity index (χ1v) is 6.98. The molecule has 0 atom stereocenters. The Morgan fingerprint density at radius 1 is 0.952 bits per heavy atom. The van der Waals surface area contributed by atoms with E-state index in [1.807, 2.05) is 42.5 Å². The molecule has 3 aromatic rings. The molecular formula is C15H11F2N3S. The summed E-state index contributed by atoms with van der Waals surface area (Å²) in [4.78, 5) is 4.66. The van der Waals surface area contributed by atoms with Crippen LogP contribution in [0.2, 0.25) is 0 Å². The van der Waals surface area contributed by atoms with Gasteiger partial charge < -0.3 is 5.43 Å². The number of anilines is 1. The molecule has 6 heteroatoms. The molecule has 0 radical (unpaired) electrons. The molecule has 0 aliphatic rings. The third-order valence-electron chi connectivity index (χ3n) is 2.97. The van der Waals surface area contributed by atoms with Gasteiger partial charge in [0.25, 0.3) is 0 Å². The largest absolute Gasteiger partial charge is 0.306 e. The summed E-state index contributed by atoms with van der Waals surface area (Å²) < 4.78 is 27.1. The van der Waals surface area contributed by atoms with E-state index in [-0.39, 0.29) is 10.8 Å². The highest BCUT2D eigenvalue weighted by Gasteiger charge is 2.12. The highest BCUT2D eigenvalue weighted by molar-refractivity contribution is 7.99. The molecule has 21 heavy (non-hydrogen) atoms. The third kappa shape index (κ3) is 2.81. The van der Waals surface area contributed by atoms with Crippen LogP contribution in [-0.2, 0) is 0 Å². The van der Waals surface area contributed by atoms with Gasteiger partial charge in [-0.2, -0.15) is 0 Å². The Bertz CT molecular complexity index is 808. The number of pyridine rings is 1. The average molecular weight is 303 g/mol. The Morgan fingerprint density at radius 2 is 1.71 bits per heavy atom. The first-order valence-electron chi connectivity index (χ1n) is 6.16. The number of fused-ring (bicyclic) bond motifs is 1. The Hall–Kier alpha value is -2.18. The lowest BCUT2D eigenvalue weighted by molar-refractivity contribution is 0.551. The molecule has 0 saturated carbocycles. The number of nitrogens with zero attached hydrogens (tertiary/aromatic N) is 1. The van der Waals surface area contributed by atoms with E-state index in [0.717, 1.165) is 33.5 Å². The van der Waals surface area contributed by atoms with Crippen molar-refractivity contribution in [3.63, 3.8) is 0 Å². The molecule has 0 bridgehead atoms. The van der Waals surface area contributed by atoms with Crippen molar-refractivity contribution in [2.24, 2.45) is 5.84 Å². The van der Waals surface area contributed by atoms with Crippen LogP contribution in [0.1, 0.15) is 0 Å². The topological polar surface area (TPSA) is 50.9 Å². The molecule has 3 N–H and O–H groups in total. The number of rotatable bonds is 3. The number of hydrogen-bond donors (Lipinski definition) is 2. The minimum absolute atomic E-state index is 0.0691. The fourth-order valence-electron chi connectivity index (χ4n) is 1.97. The Morgan fingerprint density at radius 3 is 2.48 bits per heavy atom. The van der Waals surface area contributed by atoms with E-state index >= 15 is 0 Å². The Balaban J connectivity index is 1.98. The SMILES string of the molecule is NNc1nc(Sc2ccc3ccccc3c2)c(F)cc1F. The lowest BCUT2D eigenvalue weighted by Gasteiger charge is -2.07. The smallest absolute Gasteiger partial charge is 0.177 e. The lowest BCUT2D eigenvalue weighted by atomic mass is 10.1. The molecule has 3 rings (SSSR count). The van der Waals surface area contributed by atoms with Gasteiger partial charge in [0.1, 0.15) is 5.03 Å². The molecule has 0 amide bonds. The number of hydrazine groups is 1. The van der Waals surface area contributed by atoms with Crippen LogP contribution < -0.4 is 11.3 Å². The number of aromatic nitrogens is 1. The first-order chi connectivity index (χ1) is 10.2. The molecule has 1 heterocycles. The second-order valence-electron chi connectivity index (χ2n) is 4.36. The van der Waals surface area contributed by atoms with Gasteiger partial charge >= 0.3 is 0 Å². The molecule has 0 saturated heterocycles. The molecule has 3 nitrogen and oxygen atoms in total. The number of nitrogens with two attached hydrogens (primary N) is 1. The number of nitrogen functional groups attached to an aromatic ring is 1. The molecule has 0 aliphatic heterocycles. The van der Waals surface area contributed by atoms with Crippen molar-refractivity contribution in [1.29, 1.82) is 0 Å². The quantitative estimate of drug-likeness (QED) is 0.568. The summed E-state index contributed by atoms with van der Waals surface area (Å²) in [6, 6.07) is 14.4. The van der Waals surface area contributed by atoms with Crippen molar-refractivity contribution < 1.29 is 8.78 Å². The summed E-state index contributed by atoms with van der Waals surface area (Å²) in [5.41, 5.74) is 2.11. The lowest BCUT2D eigenvalue weighted by Crippen LogP contribution is -2.11. The van der Waals surface area contributed by atoms with Gasteiger partial charge in [-0.05, 0) is 22.9 Å². The molecule has 2 aromatic carbocycles. The molecule has 0 unspecified atom stereocenters. The Kier molecular flexibility index (Phi) is 3.72. The minimum atomic E-state index is -0.821. The van der Waals surface area contributed by atoms with Crippen LogP contribution in [0, 0.1) is 11.6 Å². The van der Waals surface area contributed by atoms with E-state index in [4.69, 9.17) is 5.84 Å². The van der Waals surface area contributed by atoms with Crippen molar-refractivity contribution in [2.45, 2.75) is 9.92 Å². The van der Waals surface area contributed by atoms with E-state index < -0.39 is 11.6 Å². The van der Waals surface area contributed by atoms with E-state index in [0.29, 0.717) is 0 Å². The van der Waals surface area contributed by atoms with Gasteiger partial charge in [0.15, 0.2) is 17.5 Å². The van der Waals surface area contributed by atoms with Crippen LogP contribution in [-0.4, -0.2) is 4.98 Å². The predicted molar refractivity (Wildman–Crippen MR) is 80.0 cm³/mol. The summed E-state index contributed by atoms with van der Waals surface area (Å²) in [6.45, 7) is 0. The molecule has 1 aromatic heterocycles. The van der Waals surface area contributed by atoms with Gasteiger partial charge in [-0.25, -0.2) is 19.6 Å². The molecule has 0 aliphatic carbocycles. The van der Waals surface area contributed by atoms with Crippen LogP contribution >= 0.6 is 11.8 Å². The molecule has 0 spiro atoms. The van der Waals surface area contributed by atoms with E-state index in [1.54, 1.807) is 0 Å².